The first-order valence-electron chi connectivity index (χ1n) is 4.07. The van der Waals surface area contributed by atoms with Crippen LogP contribution in [0.2, 0.25) is 0 Å². The van der Waals surface area contributed by atoms with Crippen molar-refractivity contribution in [3.05, 3.63) is 35.9 Å². The molecule has 4 heteroatoms. The van der Waals surface area contributed by atoms with E-state index in [1.165, 1.54) is 0 Å². The first kappa shape index (κ1) is 10.2. The lowest BCUT2D eigenvalue weighted by molar-refractivity contribution is -0.143. The number of hydrogen-bond donors (Lipinski definition) is 0. The van der Waals surface area contributed by atoms with Gasteiger partial charge in [0.05, 0.1) is 0 Å². The molecule has 1 unspecified atom stereocenters. The van der Waals surface area contributed by atoms with E-state index in [-0.39, 0.29) is 6.61 Å². The average molecular weight is 194 g/mol. The number of ether oxygens (including phenoxy) is 2. The largest absolute Gasteiger partial charge is 0.464 e. The highest BCUT2D eigenvalue weighted by molar-refractivity contribution is 5.40. The third-order valence-electron chi connectivity index (χ3n) is 1.71. The molecular formula is C10H10O4. The fourth-order valence-corrected chi connectivity index (χ4v) is 1.08. The van der Waals surface area contributed by atoms with Crippen molar-refractivity contribution in [1.82, 2.24) is 0 Å². The van der Waals surface area contributed by atoms with Gasteiger partial charge in [-0.1, -0.05) is 30.3 Å². The Labute approximate surface area is 81.4 Å². The highest BCUT2D eigenvalue weighted by atomic mass is 16.6. The first-order valence-corrected chi connectivity index (χ1v) is 4.07. The van der Waals surface area contributed by atoms with E-state index in [0.717, 1.165) is 5.56 Å². The summed E-state index contributed by atoms with van der Waals surface area (Å²) in [4.78, 5) is 20.2. The Hall–Kier alpha value is -1.84. The van der Waals surface area contributed by atoms with Crippen LogP contribution in [-0.4, -0.2) is 19.6 Å². The lowest BCUT2D eigenvalue weighted by Gasteiger charge is -2.13. The van der Waals surface area contributed by atoms with Gasteiger partial charge >= 0.3 is 0 Å². The maximum Gasteiger partial charge on any atom is 0.293 e. The molecule has 1 aromatic carbocycles. The van der Waals surface area contributed by atoms with Crippen LogP contribution in [-0.2, 0) is 19.1 Å². The van der Waals surface area contributed by atoms with Crippen LogP contribution in [0, 0.1) is 0 Å². The molecule has 1 rings (SSSR count). The summed E-state index contributed by atoms with van der Waals surface area (Å²) in [6, 6.07) is 9.07. The molecule has 4 nitrogen and oxygen atoms in total. The molecule has 74 valence electrons. The third-order valence-corrected chi connectivity index (χ3v) is 1.71. The second kappa shape index (κ2) is 5.75. The van der Waals surface area contributed by atoms with Crippen molar-refractivity contribution in [3.8, 4) is 0 Å². The molecule has 0 aliphatic carbocycles. The van der Waals surface area contributed by atoms with Crippen molar-refractivity contribution in [3.63, 3.8) is 0 Å². The Kier molecular flexibility index (Phi) is 4.20. The zero-order valence-electron chi connectivity index (χ0n) is 7.46. The van der Waals surface area contributed by atoms with Crippen LogP contribution in [0.5, 0.6) is 0 Å². The zero-order chi connectivity index (χ0) is 10.2. The smallest absolute Gasteiger partial charge is 0.293 e. The van der Waals surface area contributed by atoms with E-state index in [0.29, 0.717) is 12.9 Å². The monoisotopic (exact) mass is 194 g/mol. The quantitative estimate of drug-likeness (QED) is 0.636. The van der Waals surface area contributed by atoms with Gasteiger partial charge in [0.2, 0.25) is 0 Å². The van der Waals surface area contributed by atoms with Crippen LogP contribution in [0.25, 0.3) is 0 Å². The van der Waals surface area contributed by atoms with E-state index in [2.05, 4.69) is 4.74 Å². The third kappa shape index (κ3) is 2.90. The van der Waals surface area contributed by atoms with E-state index < -0.39 is 6.10 Å². The molecule has 1 aromatic rings. The van der Waals surface area contributed by atoms with Crippen molar-refractivity contribution in [2.45, 2.75) is 6.10 Å². The predicted octanol–water partition coefficient (Wildman–Crippen LogP) is 1.07. The topological polar surface area (TPSA) is 52.6 Å². The van der Waals surface area contributed by atoms with Gasteiger partial charge in [0.15, 0.2) is 6.10 Å². The Bertz CT molecular complexity index is 283. The van der Waals surface area contributed by atoms with Gasteiger partial charge in [-0.2, -0.15) is 0 Å². The lowest BCUT2D eigenvalue weighted by Crippen LogP contribution is -2.10. The van der Waals surface area contributed by atoms with Gasteiger partial charge < -0.3 is 9.47 Å². The fourth-order valence-electron chi connectivity index (χ4n) is 1.08. The number of carbonyl (C=O) groups is 2. The van der Waals surface area contributed by atoms with E-state index in [1.54, 1.807) is 12.1 Å². The maximum atomic E-state index is 10.2. The molecule has 0 saturated heterocycles. The van der Waals surface area contributed by atoms with E-state index in [4.69, 9.17) is 4.74 Å². The minimum absolute atomic E-state index is 0.0340. The van der Waals surface area contributed by atoms with E-state index in [9.17, 15) is 9.59 Å². The maximum absolute atomic E-state index is 10.2. The summed E-state index contributed by atoms with van der Waals surface area (Å²) in [6.07, 6.45) is -0.529. The van der Waals surface area contributed by atoms with Crippen molar-refractivity contribution in [2.75, 3.05) is 6.61 Å². The van der Waals surface area contributed by atoms with E-state index in [1.807, 2.05) is 18.2 Å². The summed E-state index contributed by atoms with van der Waals surface area (Å²) in [7, 11) is 0. The molecule has 1 atom stereocenters. The van der Waals surface area contributed by atoms with Gasteiger partial charge in [-0.15, -0.1) is 0 Å². The number of rotatable bonds is 6. The molecule has 14 heavy (non-hydrogen) atoms. The Morgan fingerprint density at radius 2 is 1.86 bits per heavy atom. The number of benzene rings is 1. The van der Waals surface area contributed by atoms with Crippen LogP contribution in [0.1, 0.15) is 11.7 Å². The van der Waals surface area contributed by atoms with Crippen molar-refractivity contribution in [1.29, 1.82) is 0 Å². The molecule has 0 spiro atoms. The summed E-state index contributed by atoms with van der Waals surface area (Å²) in [5.74, 6) is 0. The molecule has 0 amide bonds. The van der Waals surface area contributed by atoms with Crippen LogP contribution < -0.4 is 0 Å². The van der Waals surface area contributed by atoms with Gasteiger partial charge in [-0.05, 0) is 5.56 Å². The number of carbonyl (C=O) groups excluding carboxylic acids is 2. The molecule has 0 radical (unpaired) electrons. The normalized spacial score (nSPS) is 11.4. The molecule has 0 aromatic heterocycles. The highest BCUT2D eigenvalue weighted by Gasteiger charge is 2.11. The molecule has 0 saturated carbocycles. The predicted molar refractivity (Wildman–Crippen MR) is 48.3 cm³/mol. The van der Waals surface area contributed by atoms with E-state index >= 15 is 0 Å². The van der Waals surface area contributed by atoms with Gasteiger partial charge in [-0.3, -0.25) is 9.59 Å². The summed E-state index contributed by atoms with van der Waals surface area (Å²) in [5, 5.41) is 0. The summed E-state index contributed by atoms with van der Waals surface area (Å²) < 4.78 is 9.30. The highest BCUT2D eigenvalue weighted by Crippen LogP contribution is 2.15. The molecular weight excluding hydrogens is 184 g/mol. The van der Waals surface area contributed by atoms with Crippen molar-refractivity contribution in [2.24, 2.45) is 0 Å². The second-order valence-corrected chi connectivity index (χ2v) is 2.56. The Morgan fingerprint density at radius 3 is 2.43 bits per heavy atom. The van der Waals surface area contributed by atoms with Crippen LogP contribution >= 0.6 is 0 Å². The minimum Gasteiger partial charge on any atom is -0.464 e. The fraction of sp³-hybridized carbons (Fsp3) is 0.200. The van der Waals surface area contributed by atoms with Gasteiger partial charge in [0.25, 0.3) is 12.9 Å². The van der Waals surface area contributed by atoms with Crippen LogP contribution in [0.15, 0.2) is 30.3 Å². The summed E-state index contributed by atoms with van der Waals surface area (Å²) in [5.41, 5.74) is 0.793. The van der Waals surface area contributed by atoms with Crippen LogP contribution in [0.3, 0.4) is 0 Å². The minimum atomic E-state index is -0.529. The van der Waals surface area contributed by atoms with Crippen LogP contribution in [0.4, 0.5) is 0 Å². The SMILES string of the molecule is O=COCC(OC=O)c1ccccc1. The molecule has 0 aliphatic heterocycles. The van der Waals surface area contributed by atoms with Gasteiger partial charge in [0.1, 0.15) is 6.61 Å². The summed E-state index contributed by atoms with van der Waals surface area (Å²) >= 11 is 0. The first-order chi connectivity index (χ1) is 6.88. The zero-order valence-corrected chi connectivity index (χ0v) is 7.46. The molecule has 0 N–H and O–H groups in total. The van der Waals surface area contributed by atoms with Gasteiger partial charge in [0, 0.05) is 0 Å². The van der Waals surface area contributed by atoms with Crippen molar-refractivity contribution < 1.29 is 19.1 Å². The second-order valence-electron chi connectivity index (χ2n) is 2.56. The van der Waals surface area contributed by atoms with Crippen molar-refractivity contribution >= 4 is 12.9 Å². The average Bonchev–Trinajstić information content (AvgIpc) is 2.25. The molecule has 0 heterocycles. The molecule has 0 aliphatic rings. The molecule has 0 fully saturated rings. The van der Waals surface area contributed by atoms with Gasteiger partial charge in [-0.25, -0.2) is 0 Å². The number of hydrogen-bond acceptors (Lipinski definition) is 4. The molecule has 0 bridgehead atoms. The standard InChI is InChI=1S/C10H10O4/c11-7-13-6-10(14-8-12)9-4-2-1-3-5-9/h1-5,7-8,10H,6H2. The Morgan fingerprint density at radius 1 is 1.14 bits per heavy atom. The lowest BCUT2D eigenvalue weighted by atomic mass is 10.1. The Balaban J connectivity index is 2.66. The summed E-state index contributed by atoms with van der Waals surface area (Å²) in [6.45, 7) is 0.697.